The normalized spacial score (nSPS) is 10.6. The Labute approximate surface area is 127 Å². The fraction of sp³-hybridized carbons (Fsp3) is 0.125. The fourth-order valence-electron chi connectivity index (χ4n) is 2.05. The first kappa shape index (κ1) is 13.6. The maximum atomic E-state index is 5.98. The standard InChI is InChI=1S/C16H14ClN3O/c1-18-16-19-14-8-3-2-7-13(14)15(20-16)21-10-11-5-4-6-12(17)9-11/h2-9H,10H2,1H3,(H,18,19,20). The molecule has 0 aliphatic rings. The van der Waals surface area contributed by atoms with Crippen LogP contribution in [0.4, 0.5) is 5.95 Å². The van der Waals surface area contributed by atoms with E-state index in [-0.39, 0.29) is 0 Å². The minimum Gasteiger partial charge on any atom is -0.472 e. The molecule has 0 saturated carbocycles. The highest BCUT2D eigenvalue weighted by molar-refractivity contribution is 6.30. The second-order valence-corrected chi connectivity index (χ2v) is 4.97. The summed E-state index contributed by atoms with van der Waals surface area (Å²) in [6, 6.07) is 15.3. The van der Waals surface area contributed by atoms with Crippen molar-refractivity contribution in [2.24, 2.45) is 0 Å². The molecule has 0 bridgehead atoms. The molecule has 5 heteroatoms. The van der Waals surface area contributed by atoms with Crippen molar-refractivity contribution in [3.63, 3.8) is 0 Å². The van der Waals surface area contributed by atoms with Crippen molar-refractivity contribution in [3.05, 3.63) is 59.1 Å². The van der Waals surface area contributed by atoms with Gasteiger partial charge in [-0.3, -0.25) is 0 Å². The molecule has 0 radical (unpaired) electrons. The first-order valence-electron chi connectivity index (χ1n) is 6.58. The first-order valence-corrected chi connectivity index (χ1v) is 6.96. The van der Waals surface area contributed by atoms with E-state index in [9.17, 15) is 0 Å². The number of anilines is 1. The number of halogens is 1. The molecule has 3 rings (SSSR count). The van der Waals surface area contributed by atoms with Crippen LogP contribution in [0.3, 0.4) is 0 Å². The minimum absolute atomic E-state index is 0.407. The van der Waals surface area contributed by atoms with E-state index < -0.39 is 0 Å². The van der Waals surface area contributed by atoms with Gasteiger partial charge in [-0.1, -0.05) is 35.9 Å². The Kier molecular flexibility index (Phi) is 3.88. The molecule has 0 fully saturated rings. The van der Waals surface area contributed by atoms with Crippen LogP contribution >= 0.6 is 11.6 Å². The number of benzene rings is 2. The van der Waals surface area contributed by atoms with Gasteiger partial charge in [0.15, 0.2) is 0 Å². The van der Waals surface area contributed by atoms with Crippen molar-refractivity contribution in [2.45, 2.75) is 6.61 Å². The minimum atomic E-state index is 0.407. The van der Waals surface area contributed by atoms with E-state index in [1.54, 1.807) is 7.05 Å². The van der Waals surface area contributed by atoms with E-state index in [1.165, 1.54) is 0 Å². The van der Waals surface area contributed by atoms with Gasteiger partial charge in [-0.2, -0.15) is 4.98 Å². The second kappa shape index (κ2) is 5.97. The highest BCUT2D eigenvalue weighted by Crippen LogP contribution is 2.24. The third kappa shape index (κ3) is 3.06. The number of fused-ring (bicyclic) bond motifs is 1. The van der Waals surface area contributed by atoms with E-state index in [4.69, 9.17) is 16.3 Å². The van der Waals surface area contributed by atoms with Crippen LogP contribution in [-0.2, 0) is 6.61 Å². The molecule has 0 aliphatic heterocycles. The van der Waals surface area contributed by atoms with Gasteiger partial charge in [-0.25, -0.2) is 4.98 Å². The predicted molar refractivity (Wildman–Crippen MR) is 84.9 cm³/mol. The van der Waals surface area contributed by atoms with Crippen LogP contribution < -0.4 is 10.1 Å². The monoisotopic (exact) mass is 299 g/mol. The topological polar surface area (TPSA) is 47.0 Å². The SMILES string of the molecule is CNc1nc(OCc2cccc(Cl)c2)c2ccccc2n1. The molecule has 1 aromatic heterocycles. The summed E-state index contributed by atoms with van der Waals surface area (Å²) in [4.78, 5) is 8.78. The molecule has 0 spiro atoms. The van der Waals surface area contributed by atoms with Crippen LogP contribution in [-0.4, -0.2) is 17.0 Å². The van der Waals surface area contributed by atoms with Crippen molar-refractivity contribution in [1.29, 1.82) is 0 Å². The molecule has 4 nitrogen and oxygen atoms in total. The second-order valence-electron chi connectivity index (χ2n) is 4.54. The predicted octanol–water partition coefficient (Wildman–Crippen LogP) is 3.90. The van der Waals surface area contributed by atoms with Crippen molar-refractivity contribution in [3.8, 4) is 5.88 Å². The number of rotatable bonds is 4. The summed E-state index contributed by atoms with van der Waals surface area (Å²) in [5.74, 6) is 1.10. The van der Waals surface area contributed by atoms with Gasteiger partial charge in [0.1, 0.15) is 6.61 Å². The summed E-state index contributed by atoms with van der Waals surface area (Å²) in [6.07, 6.45) is 0. The maximum Gasteiger partial charge on any atom is 0.226 e. The summed E-state index contributed by atoms with van der Waals surface area (Å²) >= 11 is 5.98. The van der Waals surface area contributed by atoms with Crippen LogP contribution in [0.1, 0.15) is 5.56 Å². The average molecular weight is 300 g/mol. The van der Waals surface area contributed by atoms with Gasteiger partial charge >= 0.3 is 0 Å². The number of para-hydroxylation sites is 1. The number of nitrogens with zero attached hydrogens (tertiary/aromatic N) is 2. The lowest BCUT2D eigenvalue weighted by Gasteiger charge is -2.10. The van der Waals surface area contributed by atoms with Crippen LogP contribution in [0.5, 0.6) is 5.88 Å². The van der Waals surface area contributed by atoms with Crippen LogP contribution in [0.25, 0.3) is 10.9 Å². The Morgan fingerprint density at radius 1 is 1.10 bits per heavy atom. The van der Waals surface area contributed by atoms with E-state index in [0.717, 1.165) is 16.5 Å². The van der Waals surface area contributed by atoms with E-state index in [0.29, 0.717) is 23.5 Å². The first-order chi connectivity index (χ1) is 10.3. The third-order valence-electron chi connectivity index (χ3n) is 3.06. The molecule has 21 heavy (non-hydrogen) atoms. The molecule has 0 aliphatic carbocycles. The number of aromatic nitrogens is 2. The highest BCUT2D eigenvalue weighted by atomic mass is 35.5. The molecule has 0 atom stereocenters. The van der Waals surface area contributed by atoms with Crippen LogP contribution in [0.2, 0.25) is 5.02 Å². The van der Waals surface area contributed by atoms with E-state index in [1.807, 2.05) is 48.5 Å². The zero-order chi connectivity index (χ0) is 14.7. The lowest BCUT2D eigenvalue weighted by atomic mass is 10.2. The Balaban J connectivity index is 1.92. The third-order valence-corrected chi connectivity index (χ3v) is 3.29. The number of nitrogens with one attached hydrogen (secondary N) is 1. The van der Waals surface area contributed by atoms with Crippen molar-refractivity contribution < 1.29 is 4.74 Å². The van der Waals surface area contributed by atoms with Gasteiger partial charge in [-0.15, -0.1) is 0 Å². The van der Waals surface area contributed by atoms with E-state index >= 15 is 0 Å². The molecule has 0 amide bonds. The zero-order valence-corrected chi connectivity index (χ0v) is 12.3. The largest absolute Gasteiger partial charge is 0.472 e. The molecular weight excluding hydrogens is 286 g/mol. The van der Waals surface area contributed by atoms with Gasteiger partial charge < -0.3 is 10.1 Å². The molecule has 106 valence electrons. The Hall–Kier alpha value is -2.33. The average Bonchev–Trinajstić information content (AvgIpc) is 2.52. The molecule has 2 aromatic carbocycles. The van der Waals surface area contributed by atoms with Gasteiger partial charge in [-0.05, 0) is 29.8 Å². The van der Waals surface area contributed by atoms with Crippen LogP contribution in [0.15, 0.2) is 48.5 Å². The number of ether oxygens (including phenoxy) is 1. The smallest absolute Gasteiger partial charge is 0.226 e. The van der Waals surface area contributed by atoms with Gasteiger partial charge in [0.2, 0.25) is 11.8 Å². The molecular formula is C16H14ClN3O. The Morgan fingerprint density at radius 2 is 1.95 bits per heavy atom. The maximum absolute atomic E-state index is 5.98. The fourth-order valence-corrected chi connectivity index (χ4v) is 2.26. The number of hydrogen-bond acceptors (Lipinski definition) is 4. The van der Waals surface area contributed by atoms with Gasteiger partial charge in [0.05, 0.1) is 10.9 Å². The summed E-state index contributed by atoms with van der Waals surface area (Å²) in [5.41, 5.74) is 1.84. The molecule has 0 unspecified atom stereocenters. The summed E-state index contributed by atoms with van der Waals surface area (Å²) < 4.78 is 5.85. The molecule has 0 saturated heterocycles. The number of hydrogen-bond donors (Lipinski definition) is 1. The van der Waals surface area contributed by atoms with Gasteiger partial charge in [0.25, 0.3) is 0 Å². The van der Waals surface area contributed by atoms with Crippen LogP contribution in [0, 0.1) is 0 Å². The lowest BCUT2D eigenvalue weighted by Crippen LogP contribution is -2.02. The summed E-state index contributed by atoms with van der Waals surface area (Å²) in [7, 11) is 1.78. The zero-order valence-electron chi connectivity index (χ0n) is 11.5. The Bertz CT molecular complexity index is 776. The van der Waals surface area contributed by atoms with Crippen molar-refractivity contribution >= 4 is 28.5 Å². The molecule has 1 heterocycles. The van der Waals surface area contributed by atoms with Crippen molar-refractivity contribution in [2.75, 3.05) is 12.4 Å². The molecule has 1 N–H and O–H groups in total. The van der Waals surface area contributed by atoms with Crippen molar-refractivity contribution in [1.82, 2.24) is 9.97 Å². The van der Waals surface area contributed by atoms with E-state index in [2.05, 4.69) is 15.3 Å². The lowest BCUT2D eigenvalue weighted by molar-refractivity contribution is 0.298. The van der Waals surface area contributed by atoms with Gasteiger partial charge in [0, 0.05) is 12.1 Å². The summed E-state index contributed by atoms with van der Waals surface area (Å²) in [6.45, 7) is 0.407. The quantitative estimate of drug-likeness (QED) is 0.793. The highest BCUT2D eigenvalue weighted by Gasteiger charge is 2.08. The summed E-state index contributed by atoms with van der Waals surface area (Å²) in [5, 5.41) is 4.53. The molecule has 3 aromatic rings. The Morgan fingerprint density at radius 3 is 2.76 bits per heavy atom.